The fourth-order valence-corrected chi connectivity index (χ4v) is 3.03. The molecule has 0 radical (unpaired) electrons. The van der Waals surface area contributed by atoms with Gasteiger partial charge in [-0.15, -0.1) is 5.10 Å². The number of carbonyl (C=O) groups is 1. The Morgan fingerprint density at radius 2 is 2.19 bits per heavy atom. The van der Waals surface area contributed by atoms with Crippen molar-refractivity contribution < 1.29 is 9.90 Å². The monoisotopic (exact) mass is 302 g/mol. The summed E-state index contributed by atoms with van der Waals surface area (Å²) in [5.74, 6) is -0.258. The SMILES string of the molecule is CCCc1nnsc1-c1nc2ccccc2n1CC(=O)O. The summed E-state index contributed by atoms with van der Waals surface area (Å²) in [4.78, 5) is 16.6. The predicted molar refractivity (Wildman–Crippen MR) is 80.3 cm³/mol. The Morgan fingerprint density at radius 3 is 2.95 bits per heavy atom. The summed E-state index contributed by atoms with van der Waals surface area (Å²) in [5, 5.41) is 13.3. The molecular weight excluding hydrogens is 288 g/mol. The molecule has 0 spiro atoms. The third kappa shape index (κ3) is 2.52. The highest BCUT2D eigenvalue weighted by atomic mass is 32.1. The first-order valence-corrected chi connectivity index (χ1v) is 7.46. The number of benzene rings is 1. The second kappa shape index (κ2) is 5.61. The van der Waals surface area contributed by atoms with Crippen LogP contribution in [0.5, 0.6) is 0 Å². The average Bonchev–Trinajstić information content (AvgIpc) is 3.04. The summed E-state index contributed by atoms with van der Waals surface area (Å²) < 4.78 is 5.71. The van der Waals surface area contributed by atoms with Crippen LogP contribution in [0, 0.1) is 0 Å². The van der Waals surface area contributed by atoms with E-state index in [1.165, 1.54) is 11.5 Å². The Kier molecular flexibility index (Phi) is 3.66. The van der Waals surface area contributed by atoms with Crippen LogP contribution >= 0.6 is 11.5 Å². The fraction of sp³-hybridized carbons (Fsp3) is 0.286. The lowest BCUT2D eigenvalue weighted by Crippen LogP contribution is -2.10. The molecule has 0 aliphatic rings. The van der Waals surface area contributed by atoms with Gasteiger partial charge in [0, 0.05) is 0 Å². The van der Waals surface area contributed by atoms with Crippen LogP contribution in [0.4, 0.5) is 0 Å². The number of carboxylic acids is 1. The lowest BCUT2D eigenvalue weighted by atomic mass is 10.2. The lowest BCUT2D eigenvalue weighted by molar-refractivity contribution is -0.137. The van der Waals surface area contributed by atoms with Crippen LogP contribution in [-0.4, -0.2) is 30.2 Å². The highest BCUT2D eigenvalue weighted by molar-refractivity contribution is 7.09. The molecule has 0 amide bonds. The van der Waals surface area contributed by atoms with Gasteiger partial charge in [0.1, 0.15) is 11.4 Å². The van der Waals surface area contributed by atoms with Crippen LogP contribution in [0.3, 0.4) is 0 Å². The highest BCUT2D eigenvalue weighted by Crippen LogP contribution is 2.29. The van der Waals surface area contributed by atoms with Gasteiger partial charge < -0.3 is 9.67 Å². The first-order valence-electron chi connectivity index (χ1n) is 6.69. The van der Waals surface area contributed by atoms with Crippen LogP contribution in [0.15, 0.2) is 24.3 Å². The third-order valence-electron chi connectivity index (χ3n) is 3.19. The van der Waals surface area contributed by atoms with Crippen LogP contribution in [0.1, 0.15) is 19.0 Å². The Labute approximate surface area is 125 Å². The van der Waals surface area contributed by atoms with Gasteiger partial charge in [-0.1, -0.05) is 30.0 Å². The number of carboxylic acid groups (broad SMARTS) is 1. The number of imidazole rings is 1. The Balaban J connectivity index is 2.21. The molecule has 0 atom stereocenters. The van der Waals surface area contributed by atoms with Crippen molar-refractivity contribution in [1.82, 2.24) is 19.1 Å². The minimum Gasteiger partial charge on any atom is -0.480 e. The van der Waals surface area contributed by atoms with Gasteiger partial charge in [-0.05, 0) is 30.1 Å². The van der Waals surface area contributed by atoms with Crippen molar-refractivity contribution in [2.24, 2.45) is 0 Å². The molecule has 0 aliphatic heterocycles. The first kappa shape index (κ1) is 13.7. The van der Waals surface area contributed by atoms with Gasteiger partial charge in [0.15, 0.2) is 5.82 Å². The lowest BCUT2D eigenvalue weighted by Gasteiger charge is -2.05. The van der Waals surface area contributed by atoms with Gasteiger partial charge in [0.05, 0.1) is 16.7 Å². The maximum absolute atomic E-state index is 11.2. The smallest absolute Gasteiger partial charge is 0.323 e. The molecule has 108 valence electrons. The summed E-state index contributed by atoms with van der Waals surface area (Å²) in [7, 11) is 0. The molecule has 7 heteroatoms. The number of nitrogens with zero attached hydrogens (tertiary/aromatic N) is 4. The molecule has 3 aromatic rings. The van der Waals surface area contributed by atoms with Crippen molar-refractivity contribution in [3.63, 3.8) is 0 Å². The molecule has 0 unspecified atom stereocenters. The zero-order chi connectivity index (χ0) is 14.8. The molecule has 0 fully saturated rings. The van der Waals surface area contributed by atoms with Crippen molar-refractivity contribution in [1.29, 1.82) is 0 Å². The molecule has 1 N–H and O–H groups in total. The first-order chi connectivity index (χ1) is 10.2. The number of hydrogen-bond acceptors (Lipinski definition) is 5. The summed E-state index contributed by atoms with van der Waals surface area (Å²) in [6.45, 7) is 1.95. The van der Waals surface area contributed by atoms with E-state index >= 15 is 0 Å². The number of hydrogen-bond donors (Lipinski definition) is 1. The normalized spacial score (nSPS) is 11.1. The minimum atomic E-state index is -0.895. The van der Waals surface area contributed by atoms with Gasteiger partial charge in [0.25, 0.3) is 0 Å². The summed E-state index contributed by atoms with van der Waals surface area (Å²) in [6, 6.07) is 7.53. The molecule has 6 nitrogen and oxygen atoms in total. The van der Waals surface area contributed by atoms with Gasteiger partial charge in [-0.2, -0.15) is 0 Å². The number of aryl methyl sites for hydroxylation is 1. The van der Waals surface area contributed by atoms with E-state index in [2.05, 4.69) is 21.5 Å². The zero-order valence-electron chi connectivity index (χ0n) is 11.5. The van der Waals surface area contributed by atoms with Crippen molar-refractivity contribution in [2.75, 3.05) is 0 Å². The van der Waals surface area contributed by atoms with Crippen LogP contribution in [0.2, 0.25) is 0 Å². The zero-order valence-corrected chi connectivity index (χ0v) is 12.3. The van der Waals surface area contributed by atoms with E-state index in [4.69, 9.17) is 5.11 Å². The molecule has 0 aliphatic carbocycles. The van der Waals surface area contributed by atoms with Gasteiger partial charge in [-0.3, -0.25) is 4.79 Å². The van der Waals surface area contributed by atoms with E-state index < -0.39 is 5.97 Å². The maximum Gasteiger partial charge on any atom is 0.323 e. The third-order valence-corrected chi connectivity index (χ3v) is 3.96. The number of aliphatic carboxylic acids is 1. The minimum absolute atomic E-state index is 0.126. The fourth-order valence-electron chi connectivity index (χ4n) is 2.32. The second-order valence-corrected chi connectivity index (χ2v) is 5.46. The van der Waals surface area contributed by atoms with E-state index in [0.717, 1.165) is 34.4 Å². The van der Waals surface area contributed by atoms with Crippen LogP contribution < -0.4 is 0 Å². The second-order valence-electron chi connectivity index (χ2n) is 4.70. The van der Waals surface area contributed by atoms with Gasteiger partial charge in [0.2, 0.25) is 0 Å². The van der Waals surface area contributed by atoms with E-state index in [9.17, 15) is 4.79 Å². The molecule has 0 saturated carbocycles. The molecule has 1 aromatic carbocycles. The molecule has 0 bridgehead atoms. The van der Waals surface area contributed by atoms with Crippen molar-refractivity contribution >= 4 is 28.5 Å². The van der Waals surface area contributed by atoms with Crippen LogP contribution in [-0.2, 0) is 17.8 Å². The Bertz CT molecular complexity index is 793. The molecule has 3 rings (SSSR count). The van der Waals surface area contributed by atoms with E-state index in [-0.39, 0.29) is 6.54 Å². The summed E-state index contributed by atoms with van der Waals surface area (Å²) in [6.07, 6.45) is 1.76. The van der Waals surface area contributed by atoms with Crippen LogP contribution in [0.25, 0.3) is 21.7 Å². The van der Waals surface area contributed by atoms with E-state index in [1.54, 1.807) is 4.57 Å². The van der Waals surface area contributed by atoms with E-state index in [0.29, 0.717) is 5.82 Å². The number of para-hydroxylation sites is 2. The number of rotatable bonds is 5. The standard InChI is InChI=1S/C14H14N4O2S/c1-2-5-10-13(21-17-16-10)14-15-9-6-3-4-7-11(9)18(14)8-12(19)20/h3-4,6-7H,2,5,8H2,1H3,(H,19,20). The Hall–Kier alpha value is -2.28. The Morgan fingerprint density at radius 1 is 1.38 bits per heavy atom. The molecular formula is C14H14N4O2S. The van der Waals surface area contributed by atoms with E-state index in [1.807, 2.05) is 24.3 Å². The van der Waals surface area contributed by atoms with Crippen molar-refractivity contribution in [3.05, 3.63) is 30.0 Å². The topological polar surface area (TPSA) is 80.9 Å². The molecule has 0 saturated heterocycles. The molecule has 2 aromatic heterocycles. The summed E-state index contributed by atoms with van der Waals surface area (Å²) >= 11 is 1.26. The largest absolute Gasteiger partial charge is 0.480 e. The quantitative estimate of drug-likeness (QED) is 0.783. The molecule has 2 heterocycles. The average molecular weight is 302 g/mol. The summed E-state index contributed by atoms with van der Waals surface area (Å²) in [5.41, 5.74) is 2.47. The maximum atomic E-state index is 11.2. The molecule has 21 heavy (non-hydrogen) atoms. The van der Waals surface area contributed by atoms with Gasteiger partial charge in [-0.25, -0.2) is 4.98 Å². The number of aromatic nitrogens is 4. The predicted octanol–water partition coefficient (Wildman–Crippen LogP) is 2.59. The van der Waals surface area contributed by atoms with Crippen molar-refractivity contribution in [2.45, 2.75) is 26.3 Å². The van der Waals surface area contributed by atoms with Gasteiger partial charge >= 0.3 is 5.97 Å². The number of fused-ring (bicyclic) bond motifs is 1. The van der Waals surface area contributed by atoms with Crippen molar-refractivity contribution in [3.8, 4) is 10.7 Å². The highest BCUT2D eigenvalue weighted by Gasteiger charge is 2.19.